The van der Waals surface area contributed by atoms with Crippen LogP contribution in [0.25, 0.3) is 0 Å². The number of rotatable bonds is 2. The minimum absolute atomic E-state index is 0.595. The van der Waals surface area contributed by atoms with Crippen molar-refractivity contribution in [2.75, 3.05) is 0 Å². The van der Waals surface area contributed by atoms with Crippen molar-refractivity contribution in [3.63, 3.8) is 0 Å². The molecule has 7 heteroatoms. The summed E-state index contributed by atoms with van der Waals surface area (Å²) in [5, 5.41) is 1.19. The van der Waals surface area contributed by atoms with E-state index in [0.717, 1.165) is 24.3 Å². The summed E-state index contributed by atoms with van der Waals surface area (Å²) in [5.74, 6) is 0. The quantitative estimate of drug-likeness (QED) is 0.584. The van der Waals surface area contributed by atoms with E-state index in [-0.39, 0.29) is 0 Å². The molecule has 2 aromatic rings. The van der Waals surface area contributed by atoms with Crippen molar-refractivity contribution < 1.29 is 26.3 Å². The minimum Gasteiger partial charge on any atom is -0.166 e. The average molecular weight is 332 g/mol. The van der Waals surface area contributed by atoms with Crippen LogP contribution >= 0.6 is 0 Å². The van der Waals surface area contributed by atoms with Crippen molar-refractivity contribution in [3.8, 4) is 0 Å². The summed E-state index contributed by atoms with van der Waals surface area (Å²) >= 11 is 0. The van der Waals surface area contributed by atoms with Crippen LogP contribution in [0.15, 0.2) is 48.5 Å². The van der Waals surface area contributed by atoms with E-state index >= 15 is 0 Å². The van der Waals surface area contributed by atoms with Gasteiger partial charge < -0.3 is 0 Å². The molecule has 0 aliphatic rings. The van der Waals surface area contributed by atoms with E-state index in [1.54, 1.807) is 0 Å². The van der Waals surface area contributed by atoms with E-state index in [0.29, 0.717) is 10.4 Å². The maximum atomic E-state index is 12.5. The fourth-order valence-electron chi connectivity index (χ4n) is 1.89. The molecule has 0 saturated carbocycles. The molecule has 0 N–H and O–H groups in total. The van der Waals surface area contributed by atoms with Crippen LogP contribution in [-0.4, -0.2) is 14.6 Å². The monoisotopic (exact) mass is 332 g/mol. The van der Waals surface area contributed by atoms with Gasteiger partial charge in [0.15, 0.2) is 0 Å². The fraction of sp³-hybridized carbons (Fsp3) is 0.133. The van der Waals surface area contributed by atoms with Gasteiger partial charge in [-0.05, 0) is 34.6 Å². The highest BCUT2D eigenvalue weighted by Crippen LogP contribution is 2.29. The Bertz CT molecular complexity index is 606. The summed E-state index contributed by atoms with van der Waals surface area (Å²) in [4.78, 5) is 0. The van der Waals surface area contributed by atoms with Crippen molar-refractivity contribution in [2.24, 2.45) is 0 Å². The molecule has 0 unspecified atom stereocenters. The SMILES string of the molecule is C=[Si](c1ccc(C(F)(F)F)cc1)c1ccc(C(F)(F)F)cc1. The van der Waals surface area contributed by atoms with Crippen molar-refractivity contribution in [1.82, 2.24) is 0 Å². The zero-order valence-electron chi connectivity index (χ0n) is 11.1. The van der Waals surface area contributed by atoms with Crippen molar-refractivity contribution in [1.29, 1.82) is 0 Å². The first kappa shape index (κ1) is 16.5. The summed E-state index contributed by atoms with van der Waals surface area (Å²) in [6.45, 7) is 0. The van der Waals surface area contributed by atoms with Crippen LogP contribution in [0.5, 0.6) is 0 Å². The second-order valence-corrected chi connectivity index (χ2v) is 6.74. The lowest BCUT2D eigenvalue weighted by Gasteiger charge is -2.10. The fourth-order valence-corrected chi connectivity index (χ4v) is 3.36. The van der Waals surface area contributed by atoms with Crippen LogP contribution in [-0.2, 0) is 12.4 Å². The largest absolute Gasteiger partial charge is 0.416 e. The molecule has 0 nitrogen and oxygen atoms in total. The van der Waals surface area contributed by atoms with Crippen LogP contribution < -0.4 is 10.4 Å². The molecule has 2 rings (SSSR count). The second kappa shape index (κ2) is 5.72. The molecule has 0 heterocycles. The lowest BCUT2D eigenvalue weighted by molar-refractivity contribution is -0.138. The summed E-state index contributed by atoms with van der Waals surface area (Å²) in [6.07, 6.45) is -4.93. The number of hydrogen-bond donors (Lipinski definition) is 0. The van der Waals surface area contributed by atoms with E-state index in [4.69, 9.17) is 0 Å². The van der Waals surface area contributed by atoms with Crippen LogP contribution in [0.1, 0.15) is 11.1 Å². The first-order chi connectivity index (χ1) is 10.1. The minimum atomic E-state index is -4.42. The smallest absolute Gasteiger partial charge is 0.166 e. The Morgan fingerprint density at radius 1 is 0.591 bits per heavy atom. The average Bonchev–Trinajstić information content (AvgIpc) is 2.45. The Balaban J connectivity index is 2.25. The van der Waals surface area contributed by atoms with Gasteiger partial charge in [0.1, 0.15) is 0 Å². The maximum Gasteiger partial charge on any atom is 0.416 e. The third-order valence-electron chi connectivity index (χ3n) is 3.12. The number of halogens is 6. The molecule has 22 heavy (non-hydrogen) atoms. The molecular weight excluding hydrogens is 322 g/mol. The molecule has 0 amide bonds. The molecule has 0 aliphatic carbocycles. The van der Waals surface area contributed by atoms with E-state index < -0.39 is 31.9 Å². The molecule has 2 aromatic carbocycles. The Morgan fingerprint density at radius 3 is 1.09 bits per heavy atom. The Labute approximate surface area is 124 Å². The molecule has 0 aromatic heterocycles. The van der Waals surface area contributed by atoms with Gasteiger partial charge in [-0.2, -0.15) is 26.3 Å². The van der Waals surface area contributed by atoms with Crippen LogP contribution in [0.2, 0.25) is 0 Å². The Kier molecular flexibility index (Phi) is 4.28. The highest BCUT2D eigenvalue weighted by molar-refractivity contribution is 6.86. The van der Waals surface area contributed by atoms with Crippen LogP contribution in [0.3, 0.4) is 0 Å². The predicted octanol–water partition coefficient (Wildman–Crippen LogP) is 3.35. The summed E-state index contributed by atoms with van der Waals surface area (Å²) in [5.41, 5.74) is -1.53. The first-order valence-electron chi connectivity index (χ1n) is 6.13. The third-order valence-corrected chi connectivity index (χ3v) is 5.18. The van der Waals surface area contributed by atoms with E-state index in [9.17, 15) is 26.3 Å². The molecule has 0 bridgehead atoms. The van der Waals surface area contributed by atoms with E-state index in [2.05, 4.69) is 6.17 Å². The molecule has 0 spiro atoms. The Hall–Kier alpha value is -1.89. The van der Waals surface area contributed by atoms with Crippen molar-refractivity contribution >= 4 is 25.0 Å². The molecule has 0 atom stereocenters. The van der Waals surface area contributed by atoms with Crippen molar-refractivity contribution in [2.45, 2.75) is 12.4 Å². The first-order valence-corrected chi connectivity index (χ1v) is 7.84. The van der Waals surface area contributed by atoms with E-state index in [1.807, 2.05) is 0 Å². The van der Waals surface area contributed by atoms with Gasteiger partial charge >= 0.3 is 12.4 Å². The zero-order valence-corrected chi connectivity index (χ0v) is 12.1. The van der Waals surface area contributed by atoms with Gasteiger partial charge in [-0.1, -0.05) is 24.3 Å². The molecular formula is C15H10F6Si. The molecule has 0 fully saturated rings. The number of alkyl halides is 6. The van der Waals surface area contributed by atoms with Gasteiger partial charge in [-0.3, -0.25) is 0 Å². The van der Waals surface area contributed by atoms with Gasteiger partial charge in [0.2, 0.25) is 0 Å². The standard InChI is InChI=1S/C15H10F6Si/c1-22(12-6-2-10(3-7-12)14(16,17)18)13-8-4-11(5-9-13)15(19,20)21/h2-9H,1H2. The molecule has 0 aliphatic heterocycles. The second-order valence-electron chi connectivity index (χ2n) is 4.63. The topological polar surface area (TPSA) is 0 Å². The summed E-state index contributed by atoms with van der Waals surface area (Å²) < 4.78 is 74.9. The molecule has 0 saturated heterocycles. The number of benzene rings is 2. The third kappa shape index (κ3) is 3.65. The summed E-state index contributed by atoms with van der Waals surface area (Å²) in [6, 6.07) is 9.10. The van der Waals surface area contributed by atoms with Gasteiger partial charge in [-0.15, -0.1) is 6.17 Å². The van der Waals surface area contributed by atoms with Crippen LogP contribution in [0, 0.1) is 0 Å². The lowest BCUT2D eigenvalue weighted by Crippen LogP contribution is -2.34. The molecule has 116 valence electrons. The lowest BCUT2D eigenvalue weighted by atomic mass is 10.2. The normalized spacial score (nSPS) is 12.3. The van der Waals surface area contributed by atoms with Crippen molar-refractivity contribution in [3.05, 3.63) is 59.7 Å². The highest BCUT2D eigenvalue weighted by Gasteiger charge is 2.31. The van der Waals surface area contributed by atoms with E-state index in [1.165, 1.54) is 24.3 Å². The predicted molar refractivity (Wildman–Crippen MR) is 75.0 cm³/mol. The highest BCUT2D eigenvalue weighted by atomic mass is 28.2. The number of hydrogen-bond acceptors (Lipinski definition) is 0. The van der Waals surface area contributed by atoms with Gasteiger partial charge in [-0.25, -0.2) is 0 Å². The van der Waals surface area contributed by atoms with Gasteiger partial charge in [0.05, 0.1) is 19.5 Å². The molecule has 0 radical (unpaired) electrons. The maximum absolute atomic E-state index is 12.5. The van der Waals surface area contributed by atoms with Gasteiger partial charge in [0, 0.05) is 0 Å². The van der Waals surface area contributed by atoms with Crippen LogP contribution in [0.4, 0.5) is 26.3 Å². The zero-order chi connectivity index (χ0) is 16.5. The summed E-state index contributed by atoms with van der Waals surface area (Å²) in [7, 11) is -1.65. The van der Waals surface area contributed by atoms with Gasteiger partial charge in [0.25, 0.3) is 0 Å². The Morgan fingerprint density at radius 2 is 0.864 bits per heavy atom.